The number of halogens is 1. The Morgan fingerprint density at radius 2 is 1.89 bits per heavy atom. The maximum atomic E-state index is 13.1. The molecule has 2 atom stereocenters. The smallest absolute Gasteiger partial charge is 0.339 e. The van der Waals surface area contributed by atoms with Gasteiger partial charge in [0.05, 0.1) is 6.10 Å². The molecule has 0 heterocycles. The van der Waals surface area contributed by atoms with Gasteiger partial charge in [0, 0.05) is 0 Å². The van der Waals surface area contributed by atoms with Crippen molar-refractivity contribution in [1.29, 1.82) is 0 Å². The first kappa shape index (κ1) is 13.8. The molecule has 2 rings (SSSR count). The van der Waals surface area contributed by atoms with Gasteiger partial charge in [0.15, 0.2) is 0 Å². The molecule has 0 spiro atoms. The lowest BCUT2D eigenvalue weighted by Gasteiger charge is -2.32. The van der Waals surface area contributed by atoms with E-state index >= 15 is 0 Å². The van der Waals surface area contributed by atoms with Crippen molar-refractivity contribution in [2.24, 2.45) is 11.8 Å². The molecule has 1 aliphatic carbocycles. The minimum atomic E-state index is -1.16. The average Bonchev–Trinajstić information content (AvgIpc) is 2.30. The zero-order valence-corrected chi connectivity index (χ0v) is 11.2. The van der Waals surface area contributed by atoms with Crippen molar-refractivity contribution in [1.82, 2.24) is 0 Å². The summed E-state index contributed by atoms with van der Waals surface area (Å²) in [5, 5.41) is 9.08. The Kier molecular flexibility index (Phi) is 4.08. The Bertz CT molecular complexity index is 462. The van der Waals surface area contributed by atoms with Gasteiger partial charge in [-0.1, -0.05) is 13.8 Å². The fourth-order valence-corrected chi connectivity index (χ4v) is 2.92. The van der Waals surface area contributed by atoms with Crippen molar-refractivity contribution in [3.8, 4) is 5.75 Å². The van der Waals surface area contributed by atoms with Crippen LogP contribution in [0.1, 0.15) is 43.5 Å². The molecule has 0 aliphatic heterocycles. The molecule has 1 N–H and O–H groups in total. The first-order chi connectivity index (χ1) is 8.95. The highest BCUT2D eigenvalue weighted by Crippen LogP contribution is 2.32. The Morgan fingerprint density at radius 1 is 1.26 bits per heavy atom. The monoisotopic (exact) mass is 266 g/mol. The molecule has 19 heavy (non-hydrogen) atoms. The Morgan fingerprint density at radius 3 is 2.47 bits per heavy atom. The molecule has 0 radical (unpaired) electrons. The van der Waals surface area contributed by atoms with Gasteiger partial charge in [-0.15, -0.1) is 0 Å². The van der Waals surface area contributed by atoms with Crippen LogP contribution in [0, 0.1) is 17.7 Å². The third-order valence-corrected chi connectivity index (χ3v) is 3.60. The zero-order chi connectivity index (χ0) is 14.0. The Labute approximate surface area is 112 Å². The number of carboxylic acid groups (broad SMARTS) is 1. The summed E-state index contributed by atoms with van der Waals surface area (Å²) in [6.07, 6.45) is 3.03. The van der Waals surface area contributed by atoms with Crippen molar-refractivity contribution in [3.63, 3.8) is 0 Å². The molecule has 4 heteroatoms. The van der Waals surface area contributed by atoms with Crippen molar-refractivity contribution in [2.45, 2.75) is 39.2 Å². The molecular formula is C15H19FO3. The third-order valence-electron chi connectivity index (χ3n) is 3.60. The predicted octanol–water partition coefficient (Wildman–Crippen LogP) is 3.73. The number of hydrogen-bond acceptors (Lipinski definition) is 2. The van der Waals surface area contributed by atoms with Gasteiger partial charge in [-0.25, -0.2) is 9.18 Å². The SMILES string of the molecule is CC1CC(C)CC(Oc2ccc(F)cc2C(=O)O)C1. The molecule has 3 nitrogen and oxygen atoms in total. The summed E-state index contributed by atoms with van der Waals surface area (Å²) >= 11 is 0. The van der Waals surface area contributed by atoms with Gasteiger partial charge in [-0.2, -0.15) is 0 Å². The van der Waals surface area contributed by atoms with E-state index in [1.165, 1.54) is 18.6 Å². The number of carbonyl (C=O) groups is 1. The number of aromatic carboxylic acids is 1. The van der Waals surface area contributed by atoms with Gasteiger partial charge in [0.25, 0.3) is 0 Å². The number of hydrogen-bond donors (Lipinski definition) is 1. The van der Waals surface area contributed by atoms with Crippen molar-refractivity contribution in [3.05, 3.63) is 29.6 Å². The zero-order valence-electron chi connectivity index (χ0n) is 11.2. The van der Waals surface area contributed by atoms with Crippen LogP contribution in [0.25, 0.3) is 0 Å². The highest BCUT2D eigenvalue weighted by atomic mass is 19.1. The van der Waals surface area contributed by atoms with Crippen molar-refractivity contribution >= 4 is 5.97 Å². The van der Waals surface area contributed by atoms with E-state index in [2.05, 4.69) is 13.8 Å². The molecule has 1 saturated carbocycles. The maximum Gasteiger partial charge on any atom is 0.339 e. The first-order valence-corrected chi connectivity index (χ1v) is 6.65. The van der Waals surface area contributed by atoms with E-state index in [0.717, 1.165) is 18.9 Å². The minimum Gasteiger partial charge on any atom is -0.490 e. The second kappa shape index (κ2) is 5.59. The quantitative estimate of drug-likeness (QED) is 0.906. The highest BCUT2D eigenvalue weighted by molar-refractivity contribution is 5.90. The fourth-order valence-electron chi connectivity index (χ4n) is 2.92. The minimum absolute atomic E-state index is 0.0160. The standard InChI is InChI=1S/C15H19FO3/c1-9-5-10(2)7-12(6-9)19-14-4-3-11(16)8-13(14)15(17)18/h3-4,8-10,12H,5-7H2,1-2H3,(H,17,18). The molecule has 1 aromatic carbocycles. The molecular weight excluding hydrogens is 247 g/mol. The van der Waals surface area contributed by atoms with Crippen molar-refractivity contribution in [2.75, 3.05) is 0 Å². The van der Waals surface area contributed by atoms with Gasteiger partial charge in [-0.05, 0) is 49.3 Å². The number of rotatable bonds is 3. The summed E-state index contributed by atoms with van der Waals surface area (Å²) in [7, 11) is 0. The molecule has 0 saturated heterocycles. The topological polar surface area (TPSA) is 46.5 Å². The van der Waals surface area contributed by atoms with E-state index in [9.17, 15) is 9.18 Å². The van der Waals surface area contributed by atoms with Gasteiger partial charge in [0.2, 0.25) is 0 Å². The van der Waals surface area contributed by atoms with E-state index in [1.54, 1.807) is 0 Å². The number of ether oxygens (including phenoxy) is 1. The summed E-state index contributed by atoms with van der Waals surface area (Å²) in [5.41, 5.74) is -0.106. The fraction of sp³-hybridized carbons (Fsp3) is 0.533. The van der Waals surface area contributed by atoms with Crippen LogP contribution in [0.3, 0.4) is 0 Å². The first-order valence-electron chi connectivity index (χ1n) is 6.65. The van der Waals surface area contributed by atoms with Crippen LogP contribution in [-0.2, 0) is 0 Å². The van der Waals surface area contributed by atoms with Gasteiger partial charge >= 0.3 is 5.97 Å². The largest absolute Gasteiger partial charge is 0.490 e. The highest BCUT2D eigenvalue weighted by Gasteiger charge is 2.26. The molecule has 1 fully saturated rings. The third kappa shape index (κ3) is 3.46. The predicted molar refractivity (Wildman–Crippen MR) is 70.0 cm³/mol. The maximum absolute atomic E-state index is 13.1. The Hall–Kier alpha value is -1.58. The second-order valence-corrected chi connectivity index (χ2v) is 5.60. The lowest BCUT2D eigenvalue weighted by atomic mass is 9.82. The normalized spacial score (nSPS) is 27.0. The second-order valence-electron chi connectivity index (χ2n) is 5.60. The summed E-state index contributed by atoms with van der Waals surface area (Å²) in [6.45, 7) is 4.35. The molecule has 0 aromatic heterocycles. The Balaban J connectivity index is 2.16. The summed E-state index contributed by atoms with van der Waals surface area (Å²) in [6, 6.07) is 3.65. The summed E-state index contributed by atoms with van der Waals surface area (Å²) < 4.78 is 18.9. The molecule has 0 amide bonds. The van der Waals surface area contributed by atoms with Gasteiger partial charge in [0.1, 0.15) is 17.1 Å². The van der Waals surface area contributed by atoms with Crippen LogP contribution < -0.4 is 4.74 Å². The van der Waals surface area contributed by atoms with Crippen LogP contribution in [-0.4, -0.2) is 17.2 Å². The van der Waals surface area contributed by atoms with Crippen molar-refractivity contribution < 1.29 is 19.0 Å². The van der Waals surface area contributed by atoms with E-state index in [4.69, 9.17) is 9.84 Å². The van der Waals surface area contributed by atoms with E-state index in [-0.39, 0.29) is 17.4 Å². The van der Waals surface area contributed by atoms with E-state index in [1.807, 2.05) is 0 Å². The van der Waals surface area contributed by atoms with Gasteiger partial charge < -0.3 is 9.84 Å². The molecule has 1 aliphatic rings. The van der Waals surface area contributed by atoms with Crippen LogP contribution in [0.5, 0.6) is 5.75 Å². The van der Waals surface area contributed by atoms with Crippen LogP contribution >= 0.6 is 0 Å². The number of carboxylic acids is 1. The summed E-state index contributed by atoms with van der Waals surface area (Å²) in [4.78, 5) is 11.1. The van der Waals surface area contributed by atoms with E-state index < -0.39 is 11.8 Å². The number of benzene rings is 1. The van der Waals surface area contributed by atoms with Crippen LogP contribution in [0.2, 0.25) is 0 Å². The molecule has 104 valence electrons. The van der Waals surface area contributed by atoms with Crippen LogP contribution in [0.4, 0.5) is 4.39 Å². The lowest BCUT2D eigenvalue weighted by molar-refractivity contribution is 0.0675. The summed E-state index contributed by atoms with van der Waals surface area (Å²) in [5.74, 6) is -0.313. The average molecular weight is 266 g/mol. The molecule has 0 bridgehead atoms. The lowest BCUT2D eigenvalue weighted by Crippen LogP contribution is -2.29. The molecule has 1 aromatic rings. The van der Waals surface area contributed by atoms with Crippen LogP contribution in [0.15, 0.2) is 18.2 Å². The van der Waals surface area contributed by atoms with E-state index in [0.29, 0.717) is 11.8 Å². The molecule has 2 unspecified atom stereocenters. The van der Waals surface area contributed by atoms with Gasteiger partial charge in [-0.3, -0.25) is 0 Å².